The second-order valence-electron chi connectivity index (χ2n) is 16.1. The van der Waals surface area contributed by atoms with Crippen molar-refractivity contribution < 1.29 is 4.42 Å². The van der Waals surface area contributed by atoms with Crippen LogP contribution in [-0.2, 0) is 5.41 Å². The lowest BCUT2D eigenvalue weighted by molar-refractivity contribution is 0.660. The number of aromatic nitrogens is 1. The van der Waals surface area contributed by atoms with Crippen LogP contribution in [0.25, 0.3) is 82.5 Å². The predicted molar refractivity (Wildman–Crippen MR) is 243 cm³/mol. The van der Waals surface area contributed by atoms with Gasteiger partial charge >= 0.3 is 0 Å². The summed E-state index contributed by atoms with van der Waals surface area (Å²) in [6.07, 6.45) is 0. The van der Waals surface area contributed by atoms with Gasteiger partial charge in [0.15, 0.2) is 0 Å². The highest BCUT2D eigenvalue weighted by atomic mass is 16.3. The van der Waals surface area contributed by atoms with E-state index in [1.54, 1.807) is 0 Å². The van der Waals surface area contributed by atoms with Crippen molar-refractivity contribution in [1.82, 2.24) is 4.57 Å². The average Bonchev–Trinajstić information content (AvgIpc) is 3.89. The highest BCUT2D eigenvalue weighted by Crippen LogP contribution is 2.52. The van der Waals surface area contributed by atoms with Gasteiger partial charge in [0.05, 0.1) is 16.7 Å². The molecule has 58 heavy (non-hydrogen) atoms. The Morgan fingerprint density at radius 2 is 1.05 bits per heavy atom. The molecule has 9 aromatic carbocycles. The summed E-state index contributed by atoms with van der Waals surface area (Å²) in [5.41, 5.74) is 16.3. The van der Waals surface area contributed by atoms with E-state index in [9.17, 15) is 0 Å². The molecule has 0 unspecified atom stereocenters. The molecule has 1 aliphatic carbocycles. The quantitative estimate of drug-likeness (QED) is 0.175. The summed E-state index contributed by atoms with van der Waals surface area (Å²) in [6, 6.07) is 70.8. The number of anilines is 3. The van der Waals surface area contributed by atoms with Crippen LogP contribution in [-0.4, -0.2) is 4.57 Å². The minimum absolute atomic E-state index is 0.132. The van der Waals surface area contributed by atoms with Crippen molar-refractivity contribution >= 4 is 71.6 Å². The van der Waals surface area contributed by atoms with Crippen molar-refractivity contribution in [3.05, 3.63) is 205 Å². The van der Waals surface area contributed by atoms with E-state index in [0.29, 0.717) is 0 Å². The fourth-order valence-corrected chi connectivity index (χ4v) is 9.84. The lowest BCUT2D eigenvalue weighted by Crippen LogP contribution is -2.16. The number of rotatable bonds is 5. The maximum Gasteiger partial charge on any atom is 0.135 e. The molecule has 0 aliphatic heterocycles. The van der Waals surface area contributed by atoms with Crippen LogP contribution in [0.15, 0.2) is 199 Å². The third kappa shape index (κ3) is 4.74. The molecule has 0 saturated carbocycles. The molecule has 0 fully saturated rings. The van der Waals surface area contributed by atoms with Crippen LogP contribution in [0.3, 0.4) is 0 Å². The van der Waals surface area contributed by atoms with Crippen LogP contribution >= 0.6 is 0 Å². The summed E-state index contributed by atoms with van der Waals surface area (Å²) in [6.45, 7) is 4.71. The van der Waals surface area contributed by atoms with E-state index < -0.39 is 0 Å². The highest BCUT2D eigenvalue weighted by molar-refractivity contribution is 6.13. The van der Waals surface area contributed by atoms with Gasteiger partial charge < -0.3 is 13.9 Å². The smallest absolute Gasteiger partial charge is 0.135 e. The molecule has 0 amide bonds. The number of para-hydroxylation sites is 3. The molecule has 0 spiro atoms. The molecular weight excluding hydrogens is 705 g/mol. The van der Waals surface area contributed by atoms with Gasteiger partial charge in [-0.15, -0.1) is 0 Å². The van der Waals surface area contributed by atoms with Gasteiger partial charge in [-0.1, -0.05) is 135 Å². The Kier molecular flexibility index (Phi) is 6.98. The third-order valence-electron chi connectivity index (χ3n) is 12.6. The van der Waals surface area contributed by atoms with Crippen molar-refractivity contribution in [3.8, 4) is 27.9 Å². The minimum Gasteiger partial charge on any atom is -0.456 e. The summed E-state index contributed by atoms with van der Waals surface area (Å²) in [5, 5.41) is 7.12. The molecule has 3 heteroatoms. The van der Waals surface area contributed by atoms with Crippen LogP contribution in [0.4, 0.5) is 17.1 Å². The van der Waals surface area contributed by atoms with Gasteiger partial charge in [0.25, 0.3) is 0 Å². The van der Waals surface area contributed by atoms with Crippen LogP contribution in [0.5, 0.6) is 0 Å². The zero-order chi connectivity index (χ0) is 38.5. The van der Waals surface area contributed by atoms with Crippen molar-refractivity contribution in [3.63, 3.8) is 0 Å². The lowest BCUT2D eigenvalue weighted by atomic mass is 9.82. The maximum absolute atomic E-state index is 6.32. The number of benzene rings is 9. The van der Waals surface area contributed by atoms with E-state index in [1.807, 2.05) is 6.07 Å². The molecule has 11 aromatic rings. The number of hydrogen-bond acceptors (Lipinski definition) is 2. The summed E-state index contributed by atoms with van der Waals surface area (Å²) in [5.74, 6) is 0. The van der Waals surface area contributed by atoms with Crippen LogP contribution in [0.2, 0.25) is 0 Å². The van der Waals surface area contributed by atoms with Crippen LogP contribution in [0.1, 0.15) is 25.0 Å². The molecule has 2 aromatic heterocycles. The Hall–Kier alpha value is -7.36. The van der Waals surface area contributed by atoms with Gasteiger partial charge in [0.1, 0.15) is 11.2 Å². The van der Waals surface area contributed by atoms with Gasteiger partial charge in [-0.2, -0.15) is 0 Å². The second-order valence-corrected chi connectivity index (χ2v) is 16.1. The molecule has 12 rings (SSSR count). The van der Waals surface area contributed by atoms with Crippen molar-refractivity contribution in [2.75, 3.05) is 4.90 Å². The lowest BCUT2D eigenvalue weighted by Gasteiger charge is -2.29. The van der Waals surface area contributed by atoms with Crippen LogP contribution < -0.4 is 4.90 Å². The summed E-state index contributed by atoms with van der Waals surface area (Å²) in [4.78, 5) is 2.45. The average molecular weight is 743 g/mol. The first kappa shape index (κ1) is 32.8. The predicted octanol–water partition coefficient (Wildman–Crippen LogP) is 15.3. The maximum atomic E-state index is 6.32. The van der Waals surface area contributed by atoms with E-state index in [1.165, 1.54) is 66.0 Å². The number of nitrogens with zero attached hydrogens (tertiary/aromatic N) is 2. The van der Waals surface area contributed by atoms with Gasteiger partial charge in [-0.05, 0) is 112 Å². The van der Waals surface area contributed by atoms with E-state index in [0.717, 1.165) is 44.7 Å². The highest BCUT2D eigenvalue weighted by Gasteiger charge is 2.36. The molecule has 274 valence electrons. The fourth-order valence-electron chi connectivity index (χ4n) is 9.84. The van der Waals surface area contributed by atoms with E-state index in [-0.39, 0.29) is 5.41 Å². The molecule has 3 nitrogen and oxygen atoms in total. The van der Waals surface area contributed by atoms with E-state index >= 15 is 0 Å². The molecule has 0 N–H and O–H groups in total. The fraction of sp³-hybridized carbons (Fsp3) is 0.0545. The number of hydrogen-bond donors (Lipinski definition) is 0. The van der Waals surface area contributed by atoms with Gasteiger partial charge in [0.2, 0.25) is 0 Å². The molecule has 0 atom stereocenters. The zero-order valence-electron chi connectivity index (χ0n) is 32.3. The molecule has 2 heterocycles. The van der Waals surface area contributed by atoms with E-state index in [2.05, 4.69) is 211 Å². The minimum atomic E-state index is -0.132. The molecule has 1 aliphatic rings. The summed E-state index contributed by atoms with van der Waals surface area (Å²) in [7, 11) is 0. The zero-order valence-corrected chi connectivity index (χ0v) is 32.3. The normalized spacial score (nSPS) is 13.1. The molecule has 0 bridgehead atoms. The SMILES string of the molecule is CC1(C)c2ccccc2-c2ccc(N(c3ccc4oc5ccccc5c4c3)c3ccc(-c4ccc5c(c4)c4ccccc4n5-c4ccccc4)c4ccccc34)cc21. The Balaban J connectivity index is 1.07. The van der Waals surface area contributed by atoms with Crippen molar-refractivity contribution in [1.29, 1.82) is 0 Å². The Morgan fingerprint density at radius 3 is 1.93 bits per heavy atom. The molecular formula is C55H38N2O. The Labute approximate surface area is 336 Å². The topological polar surface area (TPSA) is 21.3 Å². The van der Waals surface area contributed by atoms with Crippen LogP contribution in [0, 0.1) is 0 Å². The first-order valence-electron chi connectivity index (χ1n) is 20.1. The van der Waals surface area contributed by atoms with Crippen molar-refractivity contribution in [2.24, 2.45) is 0 Å². The van der Waals surface area contributed by atoms with Gasteiger partial charge in [0, 0.05) is 49.4 Å². The molecule has 0 radical (unpaired) electrons. The Morgan fingerprint density at radius 1 is 0.414 bits per heavy atom. The second kappa shape index (κ2) is 12.3. The first-order valence-corrected chi connectivity index (χ1v) is 20.1. The molecule has 0 saturated heterocycles. The monoisotopic (exact) mass is 742 g/mol. The van der Waals surface area contributed by atoms with Crippen molar-refractivity contribution in [2.45, 2.75) is 19.3 Å². The standard InChI is InChI=1S/C55H38N2O/c1-55(2)48-21-11-8-17-41(48)42-27-25-38(34-49(42)55)56(37-26-31-54-47(33-37)45-20-10-13-23-53(45)58-54)51-30-28-39(40-16-6-7-18-43(40)51)35-24-29-52-46(32-35)44-19-9-12-22-50(44)57(52)36-14-4-3-5-15-36/h3-34H,1-2H3. The summed E-state index contributed by atoms with van der Waals surface area (Å²) >= 11 is 0. The summed E-state index contributed by atoms with van der Waals surface area (Å²) < 4.78 is 8.70. The largest absolute Gasteiger partial charge is 0.456 e. The van der Waals surface area contributed by atoms with Gasteiger partial charge in [-0.25, -0.2) is 0 Å². The van der Waals surface area contributed by atoms with Gasteiger partial charge in [-0.3, -0.25) is 0 Å². The van der Waals surface area contributed by atoms with E-state index in [4.69, 9.17) is 4.42 Å². The number of furan rings is 1. The Bertz CT molecular complexity index is 3440. The first-order chi connectivity index (χ1) is 28.5. The third-order valence-corrected chi connectivity index (χ3v) is 12.6. The number of fused-ring (bicyclic) bond motifs is 10.